The maximum atomic E-state index is 12.8. The average Bonchev–Trinajstić information content (AvgIpc) is 2.90. The molecule has 0 aromatic heterocycles. The van der Waals surface area contributed by atoms with Gasteiger partial charge in [0.15, 0.2) is 0 Å². The van der Waals surface area contributed by atoms with Crippen LogP contribution in [0.15, 0.2) is 24.3 Å². The molecule has 1 aromatic carbocycles. The SMILES string of the molecule is CCC(C(=O)N1CCC(C(=O)O)C1C)c1ccc(OC)cc1. The van der Waals surface area contributed by atoms with Crippen molar-refractivity contribution in [3.63, 3.8) is 0 Å². The number of methoxy groups -OCH3 is 1. The molecular weight excluding hydrogens is 282 g/mol. The lowest BCUT2D eigenvalue weighted by Gasteiger charge is -2.27. The van der Waals surface area contributed by atoms with Crippen LogP contribution < -0.4 is 4.74 Å². The van der Waals surface area contributed by atoms with Crippen LogP contribution in [-0.2, 0) is 9.59 Å². The highest BCUT2D eigenvalue weighted by molar-refractivity contribution is 5.85. The normalized spacial score (nSPS) is 22.4. The first-order valence-corrected chi connectivity index (χ1v) is 7.66. The van der Waals surface area contributed by atoms with Gasteiger partial charge < -0.3 is 14.7 Å². The van der Waals surface area contributed by atoms with Crippen molar-refractivity contribution in [3.05, 3.63) is 29.8 Å². The quantitative estimate of drug-likeness (QED) is 0.907. The molecule has 3 unspecified atom stereocenters. The van der Waals surface area contributed by atoms with Crippen LogP contribution >= 0.6 is 0 Å². The molecule has 0 radical (unpaired) electrons. The monoisotopic (exact) mass is 305 g/mol. The number of hydrogen-bond acceptors (Lipinski definition) is 3. The molecule has 5 heteroatoms. The second-order valence-electron chi connectivity index (χ2n) is 5.74. The Morgan fingerprint density at radius 3 is 2.45 bits per heavy atom. The van der Waals surface area contributed by atoms with E-state index in [4.69, 9.17) is 4.74 Å². The molecule has 22 heavy (non-hydrogen) atoms. The van der Waals surface area contributed by atoms with Crippen LogP contribution in [0.4, 0.5) is 0 Å². The average molecular weight is 305 g/mol. The predicted molar refractivity (Wildman–Crippen MR) is 82.9 cm³/mol. The Morgan fingerprint density at radius 2 is 2.00 bits per heavy atom. The zero-order chi connectivity index (χ0) is 16.3. The molecule has 0 bridgehead atoms. The Morgan fingerprint density at radius 1 is 1.36 bits per heavy atom. The number of aliphatic carboxylic acids is 1. The fourth-order valence-electron chi connectivity index (χ4n) is 3.17. The minimum Gasteiger partial charge on any atom is -0.497 e. The third-order valence-corrected chi connectivity index (χ3v) is 4.58. The molecular formula is C17H23NO4. The van der Waals surface area contributed by atoms with E-state index < -0.39 is 11.9 Å². The van der Waals surface area contributed by atoms with E-state index in [0.717, 1.165) is 11.3 Å². The van der Waals surface area contributed by atoms with Crippen molar-refractivity contribution in [3.8, 4) is 5.75 Å². The van der Waals surface area contributed by atoms with Gasteiger partial charge in [-0.15, -0.1) is 0 Å². The molecule has 0 spiro atoms. The van der Waals surface area contributed by atoms with Gasteiger partial charge in [0.2, 0.25) is 5.91 Å². The standard InChI is InChI=1S/C17H23NO4/c1-4-14(12-5-7-13(22-3)8-6-12)16(19)18-10-9-15(11(18)2)17(20)21/h5-8,11,14-15H,4,9-10H2,1-3H3,(H,20,21). The summed E-state index contributed by atoms with van der Waals surface area (Å²) in [7, 11) is 1.61. The maximum absolute atomic E-state index is 12.8. The zero-order valence-electron chi connectivity index (χ0n) is 13.3. The first kappa shape index (κ1) is 16.3. The number of hydrogen-bond donors (Lipinski definition) is 1. The third-order valence-electron chi connectivity index (χ3n) is 4.58. The highest BCUT2D eigenvalue weighted by Crippen LogP contribution is 2.30. The van der Waals surface area contributed by atoms with Crippen LogP contribution in [0, 0.1) is 5.92 Å². The van der Waals surface area contributed by atoms with Crippen LogP contribution in [0.2, 0.25) is 0 Å². The molecule has 1 amide bonds. The molecule has 1 fully saturated rings. The van der Waals surface area contributed by atoms with Crippen LogP contribution in [-0.4, -0.2) is 41.6 Å². The van der Waals surface area contributed by atoms with E-state index in [-0.39, 0.29) is 17.9 Å². The van der Waals surface area contributed by atoms with Crippen molar-refractivity contribution in [2.45, 2.75) is 38.6 Å². The molecule has 1 saturated heterocycles. The topological polar surface area (TPSA) is 66.8 Å². The molecule has 3 atom stereocenters. The predicted octanol–water partition coefficient (Wildman–Crippen LogP) is 2.51. The summed E-state index contributed by atoms with van der Waals surface area (Å²) in [6.07, 6.45) is 1.22. The summed E-state index contributed by atoms with van der Waals surface area (Å²) in [5, 5.41) is 9.20. The van der Waals surface area contributed by atoms with Gasteiger partial charge in [-0.2, -0.15) is 0 Å². The van der Waals surface area contributed by atoms with Gasteiger partial charge in [0.1, 0.15) is 5.75 Å². The minimum absolute atomic E-state index is 0.0175. The molecule has 120 valence electrons. The van der Waals surface area contributed by atoms with Crippen molar-refractivity contribution in [1.29, 1.82) is 0 Å². The first-order valence-electron chi connectivity index (χ1n) is 7.66. The zero-order valence-corrected chi connectivity index (χ0v) is 13.3. The van der Waals surface area contributed by atoms with Gasteiger partial charge in [0, 0.05) is 12.6 Å². The van der Waals surface area contributed by atoms with E-state index >= 15 is 0 Å². The second kappa shape index (κ2) is 6.81. The van der Waals surface area contributed by atoms with Gasteiger partial charge >= 0.3 is 5.97 Å². The number of amides is 1. The van der Waals surface area contributed by atoms with Gasteiger partial charge in [0.05, 0.1) is 18.9 Å². The van der Waals surface area contributed by atoms with Crippen molar-refractivity contribution >= 4 is 11.9 Å². The molecule has 1 heterocycles. The highest BCUT2D eigenvalue weighted by atomic mass is 16.5. The molecule has 2 rings (SSSR count). The van der Waals surface area contributed by atoms with E-state index in [2.05, 4.69) is 0 Å². The van der Waals surface area contributed by atoms with Crippen molar-refractivity contribution in [1.82, 2.24) is 4.90 Å². The summed E-state index contributed by atoms with van der Waals surface area (Å²) in [4.78, 5) is 25.7. The molecule has 5 nitrogen and oxygen atoms in total. The molecule has 1 aromatic rings. The Hall–Kier alpha value is -2.04. The van der Waals surface area contributed by atoms with Crippen LogP contribution in [0.3, 0.4) is 0 Å². The first-order chi connectivity index (χ1) is 10.5. The largest absolute Gasteiger partial charge is 0.497 e. The lowest BCUT2D eigenvalue weighted by atomic mass is 9.94. The van der Waals surface area contributed by atoms with Crippen molar-refractivity contribution < 1.29 is 19.4 Å². The van der Waals surface area contributed by atoms with Crippen LogP contribution in [0.25, 0.3) is 0 Å². The smallest absolute Gasteiger partial charge is 0.308 e. The highest BCUT2D eigenvalue weighted by Gasteiger charge is 2.40. The number of carboxylic acid groups (broad SMARTS) is 1. The van der Waals surface area contributed by atoms with E-state index in [1.54, 1.807) is 12.0 Å². The van der Waals surface area contributed by atoms with Crippen LogP contribution in [0.1, 0.15) is 38.2 Å². The fourth-order valence-corrected chi connectivity index (χ4v) is 3.17. The summed E-state index contributed by atoms with van der Waals surface area (Å²) < 4.78 is 5.14. The Bertz CT molecular complexity index is 540. The number of carbonyl (C=O) groups excluding carboxylic acids is 1. The summed E-state index contributed by atoms with van der Waals surface area (Å²) in [6.45, 7) is 4.32. The van der Waals surface area contributed by atoms with Gasteiger partial charge in [0.25, 0.3) is 0 Å². The number of nitrogens with zero attached hydrogens (tertiary/aromatic N) is 1. The Labute approximate surface area is 130 Å². The van der Waals surface area contributed by atoms with Gasteiger partial charge in [-0.05, 0) is 37.5 Å². The minimum atomic E-state index is -0.819. The Kier molecular flexibility index (Phi) is 5.06. The van der Waals surface area contributed by atoms with Crippen molar-refractivity contribution in [2.24, 2.45) is 5.92 Å². The lowest BCUT2D eigenvalue weighted by Crippen LogP contribution is -2.40. The number of benzene rings is 1. The number of carbonyl (C=O) groups is 2. The number of likely N-dealkylation sites (tertiary alicyclic amines) is 1. The van der Waals surface area contributed by atoms with E-state index in [0.29, 0.717) is 19.4 Å². The summed E-state index contributed by atoms with van der Waals surface area (Å²) in [6, 6.07) is 7.25. The summed E-state index contributed by atoms with van der Waals surface area (Å²) in [5.41, 5.74) is 0.944. The third kappa shape index (κ3) is 3.08. The van der Waals surface area contributed by atoms with Crippen LogP contribution in [0.5, 0.6) is 5.75 Å². The number of carboxylic acids is 1. The van der Waals surface area contributed by atoms with E-state index in [9.17, 15) is 14.7 Å². The fraction of sp³-hybridized carbons (Fsp3) is 0.529. The van der Waals surface area contributed by atoms with E-state index in [1.165, 1.54) is 0 Å². The van der Waals surface area contributed by atoms with E-state index in [1.807, 2.05) is 38.1 Å². The lowest BCUT2D eigenvalue weighted by molar-refractivity contribution is -0.143. The Balaban J connectivity index is 2.16. The molecule has 0 aliphatic carbocycles. The number of ether oxygens (including phenoxy) is 1. The molecule has 0 saturated carbocycles. The summed E-state index contributed by atoms with van der Waals surface area (Å²) >= 11 is 0. The summed E-state index contributed by atoms with van der Waals surface area (Å²) in [5.74, 6) is -0.742. The second-order valence-corrected chi connectivity index (χ2v) is 5.74. The van der Waals surface area contributed by atoms with Crippen molar-refractivity contribution in [2.75, 3.05) is 13.7 Å². The molecule has 1 N–H and O–H groups in total. The maximum Gasteiger partial charge on any atom is 0.308 e. The van der Waals surface area contributed by atoms with Gasteiger partial charge in [-0.1, -0.05) is 19.1 Å². The molecule has 1 aliphatic heterocycles. The number of rotatable bonds is 5. The van der Waals surface area contributed by atoms with Gasteiger partial charge in [-0.3, -0.25) is 9.59 Å². The molecule has 1 aliphatic rings. The van der Waals surface area contributed by atoms with Gasteiger partial charge in [-0.25, -0.2) is 0 Å².